The molecular formula is C12H19N3O. The molecule has 1 N–H and O–H groups in total. The fourth-order valence-corrected chi connectivity index (χ4v) is 1.44. The molecule has 1 heterocycles. The first-order valence-electron chi connectivity index (χ1n) is 5.29. The number of anilines is 1. The lowest BCUT2D eigenvalue weighted by molar-refractivity contribution is 0.276. The average molecular weight is 221 g/mol. The topological polar surface area (TPSA) is 49.2 Å². The van der Waals surface area contributed by atoms with Crippen LogP contribution >= 0.6 is 0 Å². The highest BCUT2D eigenvalue weighted by molar-refractivity contribution is 5.40. The van der Waals surface area contributed by atoms with E-state index < -0.39 is 0 Å². The van der Waals surface area contributed by atoms with Crippen molar-refractivity contribution in [2.24, 2.45) is 0 Å². The lowest BCUT2D eigenvalue weighted by atomic mass is 10.1. The van der Waals surface area contributed by atoms with Crippen molar-refractivity contribution in [3.63, 3.8) is 0 Å². The third kappa shape index (κ3) is 3.03. The molecule has 1 aromatic rings. The van der Waals surface area contributed by atoms with Crippen LogP contribution < -0.4 is 4.90 Å². The first kappa shape index (κ1) is 12.6. The molecule has 0 amide bonds. The predicted molar refractivity (Wildman–Crippen MR) is 65.3 cm³/mol. The molecule has 0 bridgehead atoms. The Morgan fingerprint density at radius 1 is 1.44 bits per heavy atom. The standard InChI is InChI=1S/C12H19N3O/c1-5-6-15(12(2,3)4)11-8-13-7-10(9-16)14-11/h5,7-8,16H,1,6,9H2,2-4H3. The Morgan fingerprint density at radius 3 is 2.62 bits per heavy atom. The Kier molecular flexibility index (Phi) is 4.01. The number of aromatic nitrogens is 2. The van der Waals surface area contributed by atoms with Crippen LogP contribution in [-0.2, 0) is 6.61 Å². The second-order valence-corrected chi connectivity index (χ2v) is 4.60. The molecule has 0 aliphatic rings. The lowest BCUT2D eigenvalue weighted by Crippen LogP contribution is -2.42. The van der Waals surface area contributed by atoms with Gasteiger partial charge in [-0.05, 0) is 20.8 Å². The van der Waals surface area contributed by atoms with Gasteiger partial charge in [-0.25, -0.2) is 4.98 Å². The van der Waals surface area contributed by atoms with Crippen molar-refractivity contribution in [1.82, 2.24) is 9.97 Å². The summed E-state index contributed by atoms with van der Waals surface area (Å²) in [5, 5.41) is 9.04. The summed E-state index contributed by atoms with van der Waals surface area (Å²) in [5.74, 6) is 0.763. The molecule has 4 heteroatoms. The Morgan fingerprint density at radius 2 is 2.12 bits per heavy atom. The van der Waals surface area contributed by atoms with Crippen LogP contribution in [0.1, 0.15) is 26.5 Å². The van der Waals surface area contributed by atoms with Crippen molar-refractivity contribution in [2.75, 3.05) is 11.4 Å². The van der Waals surface area contributed by atoms with E-state index in [1.807, 2.05) is 6.08 Å². The van der Waals surface area contributed by atoms with Crippen molar-refractivity contribution >= 4 is 5.82 Å². The Labute approximate surface area is 96.7 Å². The van der Waals surface area contributed by atoms with Gasteiger partial charge in [-0.3, -0.25) is 4.98 Å². The lowest BCUT2D eigenvalue weighted by Gasteiger charge is -2.35. The van der Waals surface area contributed by atoms with E-state index in [0.717, 1.165) is 5.82 Å². The van der Waals surface area contributed by atoms with E-state index in [-0.39, 0.29) is 12.1 Å². The molecule has 0 aliphatic heterocycles. The first-order chi connectivity index (χ1) is 7.49. The van der Waals surface area contributed by atoms with Crippen molar-refractivity contribution in [3.8, 4) is 0 Å². The SMILES string of the molecule is C=CCN(c1cncc(CO)n1)C(C)(C)C. The molecule has 1 rings (SSSR count). The summed E-state index contributed by atoms with van der Waals surface area (Å²) in [4.78, 5) is 10.5. The van der Waals surface area contributed by atoms with Gasteiger partial charge in [0.05, 0.1) is 24.7 Å². The summed E-state index contributed by atoms with van der Waals surface area (Å²) in [6, 6.07) is 0. The van der Waals surface area contributed by atoms with Gasteiger partial charge in [-0.1, -0.05) is 6.08 Å². The molecule has 0 fully saturated rings. The number of aliphatic hydroxyl groups is 1. The number of nitrogens with zero attached hydrogens (tertiary/aromatic N) is 3. The molecule has 0 radical (unpaired) electrons. The Balaban J connectivity index is 3.05. The van der Waals surface area contributed by atoms with E-state index in [0.29, 0.717) is 12.2 Å². The van der Waals surface area contributed by atoms with Crippen LogP contribution in [0.3, 0.4) is 0 Å². The second kappa shape index (κ2) is 5.07. The molecule has 0 saturated carbocycles. The highest BCUT2D eigenvalue weighted by Crippen LogP contribution is 2.20. The minimum absolute atomic E-state index is 0.0586. The van der Waals surface area contributed by atoms with E-state index in [1.54, 1.807) is 12.4 Å². The zero-order valence-electron chi connectivity index (χ0n) is 10.1. The third-order valence-electron chi connectivity index (χ3n) is 2.23. The van der Waals surface area contributed by atoms with Crippen LogP contribution in [0.4, 0.5) is 5.82 Å². The van der Waals surface area contributed by atoms with Gasteiger partial charge in [-0.2, -0.15) is 0 Å². The second-order valence-electron chi connectivity index (χ2n) is 4.60. The summed E-state index contributed by atoms with van der Waals surface area (Å²) in [6.07, 6.45) is 5.10. The molecule has 0 atom stereocenters. The number of rotatable bonds is 4. The Hall–Kier alpha value is -1.42. The van der Waals surface area contributed by atoms with Gasteiger partial charge < -0.3 is 10.0 Å². The van der Waals surface area contributed by atoms with Crippen LogP contribution in [0.5, 0.6) is 0 Å². The van der Waals surface area contributed by atoms with Crippen LogP contribution in [0, 0.1) is 0 Å². The van der Waals surface area contributed by atoms with Gasteiger partial charge in [0.25, 0.3) is 0 Å². The number of aliphatic hydroxyl groups excluding tert-OH is 1. The monoisotopic (exact) mass is 221 g/mol. The van der Waals surface area contributed by atoms with Crippen LogP contribution in [0.15, 0.2) is 25.0 Å². The van der Waals surface area contributed by atoms with E-state index in [9.17, 15) is 0 Å². The van der Waals surface area contributed by atoms with Crippen molar-refractivity contribution in [2.45, 2.75) is 32.9 Å². The summed E-state index contributed by atoms with van der Waals surface area (Å²) in [5.41, 5.74) is 0.521. The summed E-state index contributed by atoms with van der Waals surface area (Å²) in [7, 11) is 0. The van der Waals surface area contributed by atoms with E-state index in [2.05, 4.69) is 42.2 Å². The fraction of sp³-hybridized carbons (Fsp3) is 0.500. The molecule has 1 aromatic heterocycles. The maximum absolute atomic E-state index is 9.04. The summed E-state index contributed by atoms with van der Waals surface area (Å²) < 4.78 is 0. The molecule has 4 nitrogen and oxygen atoms in total. The van der Waals surface area contributed by atoms with Crippen LogP contribution in [0.25, 0.3) is 0 Å². The number of hydrogen-bond acceptors (Lipinski definition) is 4. The van der Waals surface area contributed by atoms with Gasteiger partial charge in [0.1, 0.15) is 5.82 Å². The zero-order valence-corrected chi connectivity index (χ0v) is 10.1. The van der Waals surface area contributed by atoms with Crippen LogP contribution in [0.2, 0.25) is 0 Å². The molecule has 0 aliphatic carbocycles. The molecule has 0 spiro atoms. The maximum Gasteiger partial charge on any atom is 0.148 e. The average Bonchev–Trinajstić information content (AvgIpc) is 2.24. The quantitative estimate of drug-likeness (QED) is 0.787. The number of hydrogen-bond donors (Lipinski definition) is 1. The van der Waals surface area contributed by atoms with E-state index >= 15 is 0 Å². The molecule has 0 aromatic carbocycles. The van der Waals surface area contributed by atoms with Crippen molar-refractivity contribution in [3.05, 3.63) is 30.7 Å². The van der Waals surface area contributed by atoms with E-state index in [1.165, 1.54) is 0 Å². The minimum atomic E-state index is -0.0904. The first-order valence-corrected chi connectivity index (χ1v) is 5.29. The minimum Gasteiger partial charge on any atom is -0.390 e. The smallest absolute Gasteiger partial charge is 0.148 e. The van der Waals surface area contributed by atoms with Gasteiger partial charge in [0.2, 0.25) is 0 Å². The van der Waals surface area contributed by atoms with Gasteiger partial charge in [0, 0.05) is 12.1 Å². The predicted octanol–water partition coefficient (Wildman–Crippen LogP) is 1.76. The highest BCUT2D eigenvalue weighted by Gasteiger charge is 2.21. The molecular weight excluding hydrogens is 202 g/mol. The maximum atomic E-state index is 9.04. The molecule has 0 unspecified atom stereocenters. The fourth-order valence-electron chi connectivity index (χ4n) is 1.44. The highest BCUT2D eigenvalue weighted by atomic mass is 16.3. The van der Waals surface area contributed by atoms with Gasteiger partial charge >= 0.3 is 0 Å². The van der Waals surface area contributed by atoms with Gasteiger partial charge in [-0.15, -0.1) is 6.58 Å². The molecule has 88 valence electrons. The normalized spacial score (nSPS) is 11.2. The third-order valence-corrected chi connectivity index (χ3v) is 2.23. The van der Waals surface area contributed by atoms with Crippen molar-refractivity contribution < 1.29 is 5.11 Å². The Bertz CT molecular complexity index is 358. The summed E-state index contributed by atoms with van der Waals surface area (Å²) >= 11 is 0. The largest absolute Gasteiger partial charge is 0.390 e. The zero-order chi connectivity index (χ0) is 12.2. The van der Waals surface area contributed by atoms with E-state index in [4.69, 9.17) is 5.11 Å². The van der Waals surface area contributed by atoms with Gasteiger partial charge in [0.15, 0.2) is 0 Å². The summed E-state index contributed by atoms with van der Waals surface area (Å²) in [6.45, 7) is 10.7. The van der Waals surface area contributed by atoms with Crippen molar-refractivity contribution in [1.29, 1.82) is 0 Å². The van der Waals surface area contributed by atoms with Crippen LogP contribution in [-0.4, -0.2) is 27.2 Å². The molecule has 16 heavy (non-hydrogen) atoms. The molecule has 0 saturated heterocycles.